The van der Waals surface area contributed by atoms with Crippen molar-refractivity contribution in [3.8, 4) is 0 Å². The molecule has 2 nitrogen and oxygen atoms in total. The van der Waals surface area contributed by atoms with Crippen LogP contribution in [0.4, 0.5) is 0 Å². The summed E-state index contributed by atoms with van der Waals surface area (Å²) in [6.45, 7) is 2.26. The number of Topliss-reactive ketones (excluding diaryl/α,β-unsaturated/α-hetero) is 1. The first-order chi connectivity index (χ1) is 9.58. The maximum atomic E-state index is 12.3. The highest BCUT2D eigenvalue weighted by atomic mass is 16.3. The number of hydrogen-bond acceptors (Lipinski definition) is 2. The van der Waals surface area contributed by atoms with Crippen molar-refractivity contribution in [1.82, 2.24) is 0 Å². The molecule has 0 bridgehead atoms. The van der Waals surface area contributed by atoms with Crippen molar-refractivity contribution in [2.24, 2.45) is 35.0 Å². The minimum absolute atomic E-state index is 0.0299. The third-order valence-electron chi connectivity index (χ3n) is 7.59. The molecule has 0 spiro atoms. The highest BCUT2D eigenvalue weighted by Gasteiger charge is 2.55. The van der Waals surface area contributed by atoms with Crippen molar-refractivity contribution < 1.29 is 9.90 Å². The fourth-order valence-corrected chi connectivity index (χ4v) is 6.43. The first-order valence-electron chi connectivity index (χ1n) is 8.79. The van der Waals surface area contributed by atoms with E-state index in [0.717, 1.165) is 55.8 Å². The molecule has 0 radical (unpaired) electrons. The van der Waals surface area contributed by atoms with E-state index >= 15 is 0 Å². The molecule has 0 amide bonds. The van der Waals surface area contributed by atoms with Gasteiger partial charge in [-0.3, -0.25) is 4.79 Å². The van der Waals surface area contributed by atoms with Crippen molar-refractivity contribution in [3.63, 3.8) is 0 Å². The molecule has 2 heteroatoms. The number of aliphatic hydroxyl groups is 1. The van der Waals surface area contributed by atoms with Gasteiger partial charge in [-0.15, -0.1) is 0 Å². The predicted octanol–water partition coefficient (Wildman–Crippen LogP) is 3.57. The zero-order chi connectivity index (χ0) is 13.9. The van der Waals surface area contributed by atoms with Gasteiger partial charge < -0.3 is 5.11 Å². The maximum Gasteiger partial charge on any atom is 0.139 e. The van der Waals surface area contributed by atoms with Gasteiger partial charge in [0, 0.05) is 11.8 Å². The normalized spacial score (nSPS) is 55.0. The van der Waals surface area contributed by atoms with Crippen molar-refractivity contribution in [1.29, 1.82) is 0 Å². The Balaban J connectivity index is 1.56. The van der Waals surface area contributed by atoms with Gasteiger partial charge in [0.1, 0.15) is 5.78 Å². The van der Waals surface area contributed by atoms with Gasteiger partial charge in [0.05, 0.1) is 6.10 Å². The summed E-state index contributed by atoms with van der Waals surface area (Å²) in [6, 6.07) is 0. The van der Waals surface area contributed by atoms with Crippen molar-refractivity contribution >= 4 is 5.78 Å². The van der Waals surface area contributed by atoms with Gasteiger partial charge in [0.15, 0.2) is 0 Å². The fraction of sp³-hybridized carbons (Fsp3) is 0.944. The van der Waals surface area contributed by atoms with Crippen LogP contribution >= 0.6 is 0 Å². The van der Waals surface area contributed by atoms with Crippen LogP contribution in [0.2, 0.25) is 0 Å². The lowest BCUT2D eigenvalue weighted by molar-refractivity contribution is -0.132. The minimum Gasteiger partial charge on any atom is -0.393 e. The molecule has 4 fully saturated rings. The summed E-state index contributed by atoms with van der Waals surface area (Å²) in [5.74, 6) is 4.53. The van der Waals surface area contributed by atoms with E-state index in [9.17, 15) is 9.90 Å². The van der Waals surface area contributed by atoms with E-state index in [1.54, 1.807) is 0 Å². The molecule has 0 aromatic rings. The van der Waals surface area contributed by atoms with E-state index < -0.39 is 0 Å². The summed E-state index contributed by atoms with van der Waals surface area (Å²) >= 11 is 0. The zero-order valence-corrected chi connectivity index (χ0v) is 12.7. The minimum atomic E-state index is -0.0327. The third kappa shape index (κ3) is 1.83. The second-order valence-corrected chi connectivity index (χ2v) is 8.41. The number of carbonyl (C=O) groups excluding carboxylic acids is 1. The highest BCUT2D eigenvalue weighted by molar-refractivity contribution is 5.87. The molecule has 20 heavy (non-hydrogen) atoms. The van der Waals surface area contributed by atoms with E-state index in [1.807, 2.05) is 0 Å². The van der Waals surface area contributed by atoms with Crippen LogP contribution in [-0.4, -0.2) is 17.0 Å². The number of aliphatic hydroxyl groups excluding tert-OH is 1. The molecule has 0 heterocycles. The molecule has 0 saturated heterocycles. The Labute approximate surface area is 122 Å². The maximum absolute atomic E-state index is 12.3. The number of fused-ring (bicyclic) bond motifs is 4. The molecular formula is C18H28O2. The Morgan fingerprint density at radius 1 is 1.00 bits per heavy atom. The van der Waals surface area contributed by atoms with Gasteiger partial charge >= 0.3 is 0 Å². The van der Waals surface area contributed by atoms with Crippen LogP contribution in [0.15, 0.2) is 0 Å². The fourth-order valence-electron chi connectivity index (χ4n) is 6.43. The van der Waals surface area contributed by atoms with Gasteiger partial charge in [0.2, 0.25) is 0 Å². The lowest BCUT2D eigenvalue weighted by Crippen LogP contribution is -2.47. The lowest BCUT2D eigenvalue weighted by atomic mass is 9.52. The van der Waals surface area contributed by atoms with E-state index in [1.165, 1.54) is 25.7 Å². The molecule has 0 aromatic heterocycles. The second kappa shape index (κ2) is 4.56. The average Bonchev–Trinajstić information content (AvgIpc) is 2.73. The number of rotatable bonds is 0. The Bertz CT molecular complexity index is 418. The van der Waals surface area contributed by atoms with Crippen molar-refractivity contribution in [2.75, 3.05) is 0 Å². The molecule has 0 aliphatic heterocycles. The zero-order valence-electron chi connectivity index (χ0n) is 12.7. The number of carbonyl (C=O) groups is 1. The van der Waals surface area contributed by atoms with Gasteiger partial charge in [0.25, 0.3) is 0 Å². The molecule has 0 aromatic carbocycles. The largest absolute Gasteiger partial charge is 0.393 e. The van der Waals surface area contributed by atoms with Crippen LogP contribution in [0.1, 0.15) is 64.7 Å². The highest BCUT2D eigenvalue weighted by Crippen LogP contribution is 2.60. The quantitative estimate of drug-likeness (QED) is 0.734. The summed E-state index contributed by atoms with van der Waals surface area (Å²) in [5.41, 5.74) is 0.0299. The van der Waals surface area contributed by atoms with Gasteiger partial charge in [-0.25, -0.2) is 0 Å². The van der Waals surface area contributed by atoms with Gasteiger partial charge in [-0.2, -0.15) is 0 Å². The SMILES string of the molecule is C[C@]12CC[C@@H]3CC4CC(O)CC[C@H]4C[C@H]3[C@@H]1CCC2=O. The topological polar surface area (TPSA) is 37.3 Å². The van der Waals surface area contributed by atoms with E-state index in [4.69, 9.17) is 0 Å². The summed E-state index contributed by atoms with van der Waals surface area (Å²) in [5, 5.41) is 9.93. The van der Waals surface area contributed by atoms with E-state index in [2.05, 4.69) is 6.92 Å². The van der Waals surface area contributed by atoms with Crippen LogP contribution in [0.3, 0.4) is 0 Å². The molecule has 2 unspecified atom stereocenters. The average molecular weight is 276 g/mol. The number of hydrogen-bond donors (Lipinski definition) is 1. The molecular weight excluding hydrogens is 248 g/mol. The van der Waals surface area contributed by atoms with Crippen LogP contribution < -0.4 is 0 Å². The number of ketones is 1. The predicted molar refractivity (Wildman–Crippen MR) is 78.1 cm³/mol. The first-order valence-corrected chi connectivity index (χ1v) is 8.79. The first kappa shape index (κ1) is 13.3. The second-order valence-electron chi connectivity index (χ2n) is 8.41. The van der Waals surface area contributed by atoms with Gasteiger partial charge in [-0.1, -0.05) is 6.92 Å². The Morgan fingerprint density at radius 2 is 1.85 bits per heavy atom. The molecule has 112 valence electrons. The molecule has 4 aliphatic rings. The molecule has 4 rings (SSSR count). The summed E-state index contributed by atoms with van der Waals surface area (Å²) in [7, 11) is 0. The monoisotopic (exact) mass is 276 g/mol. The third-order valence-corrected chi connectivity index (χ3v) is 7.59. The van der Waals surface area contributed by atoms with E-state index in [-0.39, 0.29) is 11.5 Å². The summed E-state index contributed by atoms with van der Waals surface area (Å²) < 4.78 is 0. The van der Waals surface area contributed by atoms with Crippen LogP contribution in [0.5, 0.6) is 0 Å². The smallest absolute Gasteiger partial charge is 0.139 e. The van der Waals surface area contributed by atoms with E-state index in [0.29, 0.717) is 11.7 Å². The summed E-state index contributed by atoms with van der Waals surface area (Å²) in [6.07, 6.45) is 10.4. The van der Waals surface area contributed by atoms with Crippen molar-refractivity contribution in [3.05, 3.63) is 0 Å². The van der Waals surface area contributed by atoms with Crippen LogP contribution in [-0.2, 0) is 4.79 Å². The Morgan fingerprint density at radius 3 is 2.70 bits per heavy atom. The summed E-state index contributed by atoms with van der Waals surface area (Å²) in [4.78, 5) is 12.3. The molecule has 4 saturated carbocycles. The molecule has 1 N–H and O–H groups in total. The Kier molecular flexibility index (Phi) is 3.03. The van der Waals surface area contributed by atoms with Gasteiger partial charge in [-0.05, 0) is 81.0 Å². The lowest BCUT2D eigenvalue weighted by Gasteiger charge is -2.53. The molecule has 7 atom stereocenters. The standard InChI is InChI=1S/C18H28O2/c1-18-7-6-12-8-13-9-14(19)3-2-11(13)10-15(12)16(18)4-5-17(18)20/h11-16,19H,2-10H2,1H3/t11-,12+,13?,14?,15+,16-,18-/m0/s1. The molecule has 4 aliphatic carbocycles. The van der Waals surface area contributed by atoms with Crippen molar-refractivity contribution in [2.45, 2.75) is 70.8 Å². The van der Waals surface area contributed by atoms with Crippen LogP contribution in [0.25, 0.3) is 0 Å². The van der Waals surface area contributed by atoms with Crippen LogP contribution in [0, 0.1) is 35.0 Å². The Hall–Kier alpha value is -0.370.